The molecule has 0 nitrogen and oxygen atoms in total. The Morgan fingerprint density at radius 2 is 2.00 bits per heavy atom. The van der Waals surface area contributed by atoms with E-state index in [1.807, 2.05) is 0 Å². The predicted molar refractivity (Wildman–Crippen MR) is 45.8 cm³/mol. The van der Waals surface area contributed by atoms with E-state index in [9.17, 15) is 0 Å². The van der Waals surface area contributed by atoms with Gasteiger partial charge in [0.25, 0.3) is 0 Å². The largest absolute Gasteiger partial charge is 0.0876 e. The summed E-state index contributed by atoms with van der Waals surface area (Å²) in [5, 5.41) is 0. The van der Waals surface area contributed by atoms with Gasteiger partial charge in [-0.3, -0.25) is 0 Å². The van der Waals surface area contributed by atoms with Crippen molar-refractivity contribution in [1.82, 2.24) is 0 Å². The normalized spacial score (nSPS) is 25.3. The van der Waals surface area contributed by atoms with Crippen molar-refractivity contribution in [3.05, 3.63) is 24.3 Å². The second kappa shape index (κ2) is 3.60. The number of hydrogen-bond donors (Lipinski definition) is 0. The van der Waals surface area contributed by atoms with Gasteiger partial charge >= 0.3 is 0 Å². The van der Waals surface area contributed by atoms with Gasteiger partial charge in [0.05, 0.1) is 0 Å². The summed E-state index contributed by atoms with van der Waals surface area (Å²) in [6.07, 6.45) is 11.5. The minimum atomic E-state index is 0.777. The molecule has 0 aromatic carbocycles. The molecule has 0 fully saturated rings. The van der Waals surface area contributed by atoms with Crippen LogP contribution in [0.3, 0.4) is 0 Å². The maximum atomic E-state index is 2.35. The zero-order chi connectivity index (χ0) is 7.40. The quantitative estimate of drug-likeness (QED) is 0.486. The molecule has 10 heavy (non-hydrogen) atoms. The molecular formula is C10H16. The second-order valence-electron chi connectivity index (χ2n) is 3.28. The lowest BCUT2D eigenvalue weighted by Crippen LogP contribution is -2.02. The third-order valence-electron chi connectivity index (χ3n) is 2.09. The van der Waals surface area contributed by atoms with Crippen LogP contribution < -0.4 is 0 Å². The van der Waals surface area contributed by atoms with E-state index in [1.54, 1.807) is 0 Å². The first kappa shape index (κ1) is 7.59. The van der Waals surface area contributed by atoms with E-state index in [-0.39, 0.29) is 0 Å². The van der Waals surface area contributed by atoms with Crippen LogP contribution in [0.2, 0.25) is 0 Å². The van der Waals surface area contributed by atoms with Crippen molar-refractivity contribution in [2.75, 3.05) is 0 Å². The molecule has 0 saturated carbocycles. The van der Waals surface area contributed by atoms with Gasteiger partial charge in [-0.15, -0.1) is 0 Å². The molecule has 0 spiro atoms. The zero-order valence-corrected chi connectivity index (χ0v) is 6.88. The molecule has 0 radical (unpaired) electrons. The molecule has 1 atom stereocenters. The molecular weight excluding hydrogens is 120 g/mol. The minimum absolute atomic E-state index is 0.777. The molecule has 0 heteroatoms. The van der Waals surface area contributed by atoms with Crippen LogP contribution in [-0.4, -0.2) is 0 Å². The topological polar surface area (TPSA) is 0 Å². The first-order valence-corrected chi connectivity index (χ1v) is 4.12. The van der Waals surface area contributed by atoms with Crippen molar-refractivity contribution >= 4 is 0 Å². The van der Waals surface area contributed by atoms with Crippen LogP contribution in [0.25, 0.3) is 0 Å². The Kier molecular flexibility index (Phi) is 2.73. The molecule has 0 aromatic rings. The van der Waals surface area contributed by atoms with E-state index >= 15 is 0 Å². The Balaban J connectivity index is 2.51. The Bertz CT molecular complexity index is 140. The van der Waals surface area contributed by atoms with Crippen molar-refractivity contribution in [1.29, 1.82) is 0 Å². The standard InChI is InChI=1S/C10H16/c1-9(2)10-7-5-3-4-6-8-10/h3,5-6,8-10H,4,7H2,1-2H3. The highest BCUT2D eigenvalue weighted by molar-refractivity contribution is 5.02. The Morgan fingerprint density at radius 1 is 1.20 bits per heavy atom. The Hall–Kier alpha value is -0.520. The molecule has 1 aliphatic carbocycles. The first-order valence-electron chi connectivity index (χ1n) is 4.12. The van der Waals surface area contributed by atoms with Gasteiger partial charge in [-0.25, -0.2) is 0 Å². The van der Waals surface area contributed by atoms with Crippen molar-refractivity contribution in [3.63, 3.8) is 0 Å². The monoisotopic (exact) mass is 136 g/mol. The van der Waals surface area contributed by atoms with Gasteiger partial charge in [-0.05, 0) is 24.7 Å². The fraction of sp³-hybridized carbons (Fsp3) is 0.600. The highest BCUT2D eigenvalue weighted by Crippen LogP contribution is 2.19. The van der Waals surface area contributed by atoms with E-state index in [2.05, 4.69) is 38.2 Å². The summed E-state index contributed by atoms with van der Waals surface area (Å²) >= 11 is 0. The van der Waals surface area contributed by atoms with Crippen molar-refractivity contribution in [2.24, 2.45) is 11.8 Å². The van der Waals surface area contributed by atoms with Crippen LogP contribution in [0.4, 0.5) is 0 Å². The van der Waals surface area contributed by atoms with Crippen LogP contribution in [0.15, 0.2) is 24.3 Å². The number of allylic oxidation sites excluding steroid dienone is 4. The molecule has 0 N–H and O–H groups in total. The molecule has 1 rings (SSSR count). The average molecular weight is 136 g/mol. The van der Waals surface area contributed by atoms with Gasteiger partial charge in [-0.2, -0.15) is 0 Å². The molecule has 1 aliphatic rings. The molecule has 1 unspecified atom stereocenters. The van der Waals surface area contributed by atoms with Crippen LogP contribution in [-0.2, 0) is 0 Å². The van der Waals surface area contributed by atoms with Crippen LogP contribution in [0.1, 0.15) is 26.7 Å². The Labute approximate surface area is 63.6 Å². The van der Waals surface area contributed by atoms with E-state index in [1.165, 1.54) is 6.42 Å². The number of rotatable bonds is 1. The van der Waals surface area contributed by atoms with Crippen molar-refractivity contribution in [2.45, 2.75) is 26.7 Å². The maximum Gasteiger partial charge on any atom is -0.0169 e. The number of hydrogen-bond acceptors (Lipinski definition) is 0. The molecule has 0 bridgehead atoms. The average Bonchev–Trinajstić information content (AvgIpc) is 2.12. The van der Waals surface area contributed by atoms with Gasteiger partial charge in [0.2, 0.25) is 0 Å². The minimum Gasteiger partial charge on any atom is -0.0876 e. The third-order valence-corrected chi connectivity index (χ3v) is 2.09. The predicted octanol–water partition coefficient (Wildman–Crippen LogP) is 3.16. The van der Waals surface area contributed by atoms with E-state index in [0.29, 0.717) is 0 Å². The molecule has 56 valence electrons. The highest BCUT2D eigenvalue weighted by atomic mass is 14.1. The van der Waals surface area contributed by atoms with E-state index in [4.69, 9.17) is 0 Å². The van der Waals surface area contributed by atoms with Gasteiger partial charge in [0.15, 0.2) is 0 Å². The lowest BCUT2D eigenvalue weighted by atomic mass is 9.93. The molecule has 0 heterocycles. The Morgan fingerprint density at radius 3 is 2.70 bits per heavy atom. The highest BCUT2D eigenvalue weighted by Gasteiger charge is 2.07. The van der Waals surface area contributed by atoms with Crippen molar-refractivity contribution in [3.8, 4) is 0 Å². The molecule has 0 aromatic heterocycles. The summed E-state index contributed by atoms with van der Waals surface area (Å²) in [7, 11) is 0. The van der Waals surface area contributed by atoms with Gasteiger partial charge in [-0.1, -0.05) is 38.2 Å². The van der Waals surface area contributed by atoms with E-state index < -0.39 is 0 Å². The van der Waals surface area contributed by atoms with Gasteiger partial charge < -0.3 is 0 Å². The van der Waals surface area contributed by atoms with Gasteiger partial charge in [0.1, 0.15) is 0 Å². The molecule has 0 saturated heterocycles. The summed E-state index contributed by atoms with van der Waals surface area (Å²) in [6.45, 7) is 4.57. The summed E-state index contributed by atoms with van der Waals surface area (Å²) in [5.41, 5.74) is 0. The summed E-state index contributed by atoms with van der Waals surface area (Å²) in [5.74, 6) is 1.57. The lowest BCUT2D eigenvalue weighted by Gasteiger charge is -2.12. The summed E-state index contributed by atoms with van der Waals surface area (Å²) in [6, 6.07) is 0. The van der Waals surface area contributed by atoms with Crippen LogP contribution in [0.5, 0.6) is 0 Å². The zero-order valence-electron chi connectivity index (χ0n) is 6.88. The first-order chi connectivity index (χ1) is 4.80. The van der Waals surface area contributed by atoms with Crippen LogP contribution >= 0.6 is 0 Å². The summed E-state index contributed by atoms with van der Waals surface area (Å²) in [4.78, 5) is 0. The second-order valence-corrected chi connectivity index (χ2v) is 3.28. The SMILES string of the molecule is CC(C)C1C=CCC=CC1. The van der Waals surface area contributed by atoms with Gasteiger partial charge in [0, 0.05) is 0 Å². The van der Waals surface area contributed by atoms with Crippen LogP contribution in [0, 0.1) is 11.8 Å². The van der Waals surface area contributed by atoms with E-state index in [0.717, 1.165) is 18.3 Å². The molecule has 0 amide bonds. The lowest BCUT2D eigenvalue weighted by molar-refractivity contribution is 0.471. The fourth-order valence-corrected chi connectivity index (χ4v) is 1.25. The third kappa shape index (κ3) is 2.02. The smallest absolute Gasteiger partial charge is 0.0169 e. The fourth-order valence-electron chi connectivity index (χ4n) is 1.25. The molecule has 0 aliphatic heterocycles. The maximum absolute atomic E-state index is 2.35. The van der Waals surface area contributed by atoms with Crippen molar-refractivity contribution < 1.29 is 0 Å². The summed E-state index contributed by atoms with van der Waals surface area (Å²) < 4.78 is 0.